The summed E-state index contributed by atoms with van der Waals surface area (Å²) in [6.07, 6.45) is -3.27. The fourth-order valence-corrected chi connectivity index (χ4v) is 4.83. The van der Waals surface area contributed by atoms with E-state index in [-0.39, 0.29) is 18.2 Å². The number of hydrogen-bond donors (Lipinski definition) is 2. The van der Waals surface area contributed by atoms with E-state index in [0.717, 1.165) is 29.5 Å². The van der Waals surface area contributed by atoms with E-state index in [1.54, 1.807) is 36.4 Å². The molecule has 2 N–H and O–H groups in total. The van der Waals surface area contributed by atoms with E-state index in [0.29, 0.717) is 53.7 Å². The minimum atomic E-state index is -4.43. The number of ether oxygens (including phenoxy) is 2. The lowest BCUT2D eigenvalue weighted by molar-refractivity contribution is -0.137. The Balaban J connectivity index is 1.27. The van der Waals surface area contributed by atoms with Crippen LogP contribution in [0.5, 0.6) is 11.5 Å². The number of carboxylic acid groups (broad SMARTS) is 1. The number of aromatic nitrogens is 2. The summed E-state index contributed by atoms with van der Waals surface area (Å²) in [4.78, 5) is 33.9. The molecular weight excluding hydrogens is 553 g/mol. The molecule has 3 aromatic carbocycles. The Morgan fingerprint density at radius 2 is 1.79 bits per heavy atom. The first-order valence-electron chi connectivity index (χ1n) is 13.1. The van der Waals surface area contributed by atoms with E-state index in [1.807, 2.05) is 0 Å². The SMILES string of the molecule is COc1cc2c(-c3ccc(NC(=O)Cc4ccc(C(F)(F)F)cc4)cc3)ncnc2cc1OC[C@@H]1CCN(C(=O)O)C1. The van der Waals surface area contributed by atoms with E-state index in [4.69, 9.17) is 9.47 Å². The molecule has 1 saturated heterocycles. The van der Waals surface area contributed by atoms with Crippen LogP contribution in [0, 0.1) is 5.92 Å². The molecule has 1 aromatic heterocycles. The van der Waals surface area contributed by atoms with Crippen LogP contribution < -0.4 is 14.8 Å². The molecule has 2 heterocycles. The van der Waals surface area contributed by atoms with Gasteiger partial charge in [0.2, 0.25) is 5.91 Å². The Bertz CT molecular complexity index is 1590. The number of fused-ring (bicyclic) bond motifs is 1. The molecule has 9 nitrogen and oxygen atoms in total. The molecule has 0 radical (unpaired) electrons. The highest BCUT2D eigenvalue weighted by Gasteiger charge is 2.30. The Kier molecular flexibility index (Phi) is 8.14. The van der Waals surface area contributed by atoms with E-state index >= 15 is 0 Å². The van der Waals surface area contributed by atoms with Crippen molar-refractivity contribution in [3.63, 3.8) is 0 Å². The minimum Gasteiger partial charge on any atom is -0.493 e. The number of benzene rings is 3. The van der Waals surface area contributed by atoms with E-state index < -0.39 is 17.8 Å². The van der Waals surface area contributed by atoms with Crippen LogP contribution in [0.4, 0.5) is 23.7 Å². The third-order valence-electron chi connectivity index (χ3n) is 7.04. The predicted octanol–water partition coefficient (Wildman–Crippen LogP) is 5.88. The summed E-state index contributed by atoms with van der Waals surface area (Å²) in [6, 6.07) is 15.1. The number of carbonyl (C=O) groups is 2. The summed E-state index contributed by atoms with van der Waals surface area (Å²) in [6.45, 7) is 1.25. The summed E-state index contributed by atoms with van der Waals surface area (Å²) < 4.78 is 49.9. The van der Waals surface area contributed by atoms with Gasteiger partial charge in [0.25, 0.3) is 0 Å². The number of rotatable bonds is 8. The number of likely N-dealkylation sites (tertiary alicyclic amines) is 1. The lowest BCUT2D eigenvalue weighted by Crippen LogP contribution is -2.27. The van der Waals surface area contributed by atoms with Crippen LogP contribution in [0.15, 0.2) is 67.0 Å². The molecule has 0 saturated carbocycles. The quantitative estimate of drug-likeness (QED) is 0.267. The molecule has 4 aromatic rings. The van der Waals surface area contributed by atoms with E-state index in [9.17, 15) is 27.9 Å². The van der Waals surface area contributed by atoms with Gasteiger partial charge in [-0.1, -0.05) is 24.3 Å². The number of halogens is 3. The van der Waals surface area contributed by atoms with Gasteiger partial charge in [0.15, 0.2) is 11.5 Å². The molecule has 0 unspecified atom stereocenters. The maximum Gasteiger partial charge on any atom is 0.416 e. The van der Waals surface area contributed by atoms with Gasteiger partial charge < -0.3 is 24.8 Å². The first-order chi connectivity index (χ1) is 20.1. The molecule has 1 atom stereocenters. The average Bonchev–Trinajstić information content (AvgIpc) is 3.45. The van der Waals surface area contributed by atoms with Gasteiger partial charge in [-0.05, 0) is 42.3 Å². The molecular formula is C30H27F3N4O5. The molecule has 0 spiro atoms. The van der Waals surface area contributed by atoms with Crippen molar-refractivity contribution < 1.29 is 37.3 Å². The van der Waals surface area contributed by atoms with E-state index in [2.05, 4.69) is 15.3 Å². The van der Waals surface area contributed by atoms with Crippen LogP contribution in [-0.2, 0) is 17.4 Å². The third-order valence-corrected chi connectivity index (χ3v) is 7.04. The monoisotopic (exact) mass is 580 g/mol. The maximum absolute atomic E-state index is 12.8. The first kappa shape index (κ1) is 28.7. The standard InChI is InChI=1S/C30H27F3N4O5/c1-41-25-13-23-24(14-26(25)42-16-19-10-11-37(15-19)29(39)40)34-17-35-28(23)20-4-8-22(9-5-20)36-27(38)12-18-2-6-21(7-3-18)30(31,32)33/h2-9,13-14,17,19H,10-12,15-16H2,1H3,(H,36,38)(H,39,40)/t19-/m1/s1. The van der Waals surface area contributed by atoms with Crippen LogP contribution in [-0.4, -0.2) is 58.8 Å². The van der Waals surface area contributed by atoms with Crippen molar-refractivity contribution in [3.05, 3.63) is 78.1 Å². The molecule has 5 rings (SSSR count). The fourth-order valence-electron chi connectivity index (χ4n) is 4.83. The molecule has 12 heteroatoms. The van der Waals surface area contributed by atoms with Crippen LogP contribution in [0.2, 0.25) is 0 Å². The highest BCUT2D eigenvalue weighted by Crippen LogP contribution is 2.36. The lowest BCUT2D eigenvalue weighted by atomic mass is 10.1. The number of hydrogen-bond acceptors (Lipinski definition) is 6. The van der Waals surface area contributed by atoms with Crippen molar-refractivity contribution >= 4 is 28.6 Å². The first-order valence-corrected chi connectivity index (χ1v) is 13.1. The van der Waals surface area contributed by atoms with Gasteiger partial charge in [-0.3, -0.25) is 4.79 Å². The number of anilines is 1. The number of methoxy groups -OCH3 is 1. The fraction of sp³-hybridized carbons (Fsp3) is 0.267. The molecule has 42 heavy (non-hydrogen) atoms. The Morgan fingerprint density at radius 3 is 2.43 bits per heavy atom. The Hall–Kier alpha value is -4.87. The summed E-state index contributed by atoms with van der Waals surface area (Å²) in [5, 5.41) is 12.7. The van der Waals surface area contributed by atoms with Gasteiger partial charge in [0, 0.05) is 41.7 Å². The number of amides is 2. The molecule has 1 aliphatic rings. The highest BCUT2D eigenvalue weighted by atomic mass is 19.4. The molecule has 0 bridgehead atoms. The number of nitrogens with one attached hydrogen (secondary N) is 1. The molecule has 1 aliphatic heterocycles. The van der Waals surface area contributed by atoms with Gasteiger partial charge in [-0.25, -0.2) is 14.8 Å². The van der Waals surface area contributed by atoms with Crippen molar-refractivity contribution in [3.8, 4) is 22.8 Å². The zero-order valence-electron chi connectivity index (χ0n) is 22.5. The highest BCUT2D eigenvalue weighted by molar-refractivity contribution is 5.95. The lowest BCUT2D eigenvalue weighted by Gasteiger charge is -2.16. The maximum atomic E-state index is 12.8. The second-order valence-corrected chi connectivity index (χ2v) is 9.93. The zero-order valence-corrected chi connectivity index (χ0v) is 22.5. The van der Waals surface area contributed by atoms with Crippen molar-refractivity contribution in [2.45, 2.75) is 19.0 Å². The van der Waals surface area contributed by atoms with Crippen LogP contribution in [0.25, 0.3) is 22.2 Å². The number of alkyl halides is 3. The van der Waals surface area contributed by atoms with Gasteiger partial charge in [-0.15, -0.1) is 0 Å². The summed E-state index contributed by atoms with van der Waals surface area (Å²) in [7, 11) is 1.53. The molecule has 218 valence electrons. The van der Waals surface area contributed by atoms with E-state index in [1.165, 1.54) is 30.5 Å². The summed E-state index contributed by atoms with van der Waals surface area (Å²) >= 11 is 0. The van der Waals surface area contributed by atoms with Gasteiger partial charge in [0.1, 0.15) is 6.33 Å². The molecule has 1 fully saturated rings. The van der Waals surface area contributed by atoms with Crippen LogP contribution in [0.1, 0.15) is 17.5 Å². The summed E-state index contributed by atoms with van der Waals surface area (Å²) in [5.41, 5.74) is 2.25. The summed E-state index contributed by atoms with van der Waals surface area (Å²) in [5.74, 6) is 0.699. The average molecular weight is 581 g/mol. The number of nitrogens with zero attached hydrogens (tertiary/aromatic N) is 3. The Morgan fingerprint density at radius 1 is 1.05 bits per heavy atom. The van der Waals surface area contributed by atoms with Gasteiger partial charge in [-0.2, -0.15) is 13.2 Å². The zero-order chi connectivity index (χ0) is 29.9. The van der Waals surface area contributed by atoms with Crippen molar-refractivity contribution in [1.29, 1.82) is 0 Å². The van der Waals surface area contributed by atoms with Crippen molar-refractivity contribution in [2.75, 3.05) is 32.1 Å². The normalized spacial score (nSPS) is 15.0. The second-order valence-electron chi connectivity index (χ2n) is 9.93. The second kappa shape index (κ2) is 11.9. The van der Waals surface area contributed by atoms with Crippen LogP contribution in [0.3, 0.4) is 0 Å². The Labute approximate surface area is 238 Å². The predicted molar refractivity (Wildman–Crippen MR) is 149 cm³/mol. The van der Waals surface area contributed by atoms with Gasteiger partial charge in [0.05, 0.1) is 36.9 Å². The number of carbonyl (C=O) groups excluding carboxylic acids is 1. The minimum absolute atomic E-state index is 0.0702. The topological polar surface area (TPSA) is 114 Å². The largest absolute Gasteiger partial charge is 0.493 e. The smallest absolute Gasteiger partial charge is 0.416 e. The van der Waals surface area contributed by atoms with Crippen LogP contribution >= 0.6 is 0 Å². The van der Waals surface area contributed by atoms with Crippen molar-refractivity contribution in [2.24, 2.45) is 5.92 Å². The van der Waals surface area contributed by atoms with Crippen molar-refractivity contribution in [1.82, 2.24) is 14.9 Å². The third kappa shape index (κ3) is 6.54. The molecule has 2 amide bonds. The molecule has 0 aliphatic carbocycles. The van der Waals surface area contributed by atoms with Gasteiger partial charge >= 0.3 is 12.3 Å².